The van der Waals surface area contributed by atoms with Crippen LogP contribution in [0.3, 0.4) is 0 Å². The Kier molecular flexibility index (Phi) is 16.6. The Labute approximate surface area is 298 Å². The van der Waals surface area contributed by atoms with Gasteiger partial charge in [0.1, 0.15) is 42.3 Å². The zero-order chi connectivity index (χ0) is 39.3. The Morgan fingerprint density at radius 2 is 1.40 bits per heavy atom. The second-order valence-corrected chi connectivity index (χ2v) is 12.6. The Bertz CT molecular complexity index is 1370. The van der Waals surface area contributed by atoms with Crippen LogP contribution in [0.5, 0.6) is 0 Å². The predicted octanol–water partition coefficient (Wildman–Crippen LogP) is -5.76. The van der Waals surface area contributed by atoms with Crippen molar-refractivity contribution in [3.05, 3.63) is 0 Å². The van der Waals surface area contributed by atoms with E-state index in [9.17, 15) is 53.7 Å². The highest BCUT2D eigenvalue weighted by atomic mass is 16.4. The quantitative estimate of drug-likeness (QED) is 0.0334. The number of hydrogen-bond acceptors (Lipinski definition) is 12. The van der Waals surface area contributed by atoms with Gasteiger partial charge in [0.25, 0.3) is 0 Å². The van der Waals surface area contributed by atoms with Crippen LogP contribution in [0, 0.1) is 0 Å². The first-order chi connectivity index (χ1) is 24.4. The molecule has 2 saturated heterocycles. The number of aliphatic hydroxyl groups excluding tert-OH is 2. The molecule has 0 spiro atoms. The van der Waals surface area contributed by atoms with Crippen LogP contribution in [0.1, 0.15) is 58.8 Å². The van der Waals surface area contributed by atoms with Crippen molar-refractivity contribution in [2.45, 2.75) is 107 Å². The van der Waals surface area contributed by atoms with Crippen molar-refractivity contribution >= 4 is 53.3 Å². The number of guanidine groups is 1. The number of nitrogens with zero attached hydrogens (tertiary/aromatic N) is 3. The van der Waals surface area contributed by atoms with Crippen LogP contribution in [-0.4, -0.2) is 158 Å². The van der Waals surface area contributed by atoms with Crippen molar-refractivity contribution in [1.82, 2.24) is 31.1 Å². The number of aliphatic carboxylic acids is 2. The summed E-state index contributed by atoms with van der Waals surface area (Å²) in [6.07, 6.45) is -1.38. The molecule has 6 amide bonds. The molecular formula is C30H50N10O12. The minimum Gasteiger partial charge on any atom is -0.481 e. The summed E-state index contributed by atoms with van der Waals surface area (Å²) in [5.74, 6) is -8.33. The van der Waals surface area contributed by atoms with E-state index < -0.39 is 109 Å². The molecule has 292 valence electrons. The molecule has 0 radical (unpaired) electrons. The first-order valence-electron chi connectivity index (χ1n) is 16.8. The normalized spacial score (nSPS) is 20.3. The molecule has 0 bridgehead atoms. The molecule has 0 aromatic carbocycles. The Hall–Kier alpha value is -5.09. The van der Waals surface area contributed by atoms with Gasteiger partial charge in [0, 0.05) is 19.6 Å². The molecule has 2 aliphatic heterocycles. The summed E-state index contributed by atoms with van der Waals surface area (Å²) in [5, 5.41) is 47.9. The van der Waals surface area contributed by atoms with E-state index >= 15 is 0 Å². The minimum atomic E-state index is -1.80. The number of likely N-dealkylation sites (tertiary alicyclic amines) is 2. The van der Waals surface area contributed by atoms with E-state index in [1.165, 1.54) is 6.92 Å². The number of rotatable bonds is 19. The van der Waals surface area contributed by atoms with E-state index in [4.69, 9.17) is 22.3 Å². The average Bonchev–Trinajstić information content (AvgIpc) is 3.77. The zero-order valence-electron chi connectivity index (χ0n) is 29.0. The van der Waals surface area contributed by atoms with E-state index in [0.717, 1.165) is 16.7 Å². The number of aliphatic hydroxyl groups is 2. The lowest BCUT2D eigenvalue weighted by Crippen LogP contribution is -2.61. The fourth-order valence-electron chi connectivity index (χ4n) is 5.84. The standard InChI is InChI=1S/C30H50N10O12/c1-14(35-23(45)16(31)13-41)27(49)39-10-4-7-19(39)25(47)37-18(12-21(43)44)24(46)38-22(15(2)42)26(48)36-17(6-3-9-34-30(32)33)28(50)40-11-5-8-20(40)29(51)52/h14-20,22,41-42H,3-13,31H2,1-2H3,(H,35,45)(H,36,48)(H,37,47)(H,38,46)(H,43,44)(H,51,52)(H4,32,33,34). The van der Waals surface area contributed by atoms with Crippen LogP contribution < -0.4 is 38.5 Å². The van der Waals surface area contributed by atoms with Gasteiger partial charge in [-0.3, -0.25) is 38.6 Å². The van der Waals surface area contributed by atoms with Gasteiger partial charge in [-0.2, -0.15) is 0 Å². The fraction of sp³-hybridized carbons (Fsp3) is 0.700. The van der Waals surface area contributed by atoms with Crippen molar-refractivity contribution in [3.8, 4) is 0 Å². The number of amides is 6. The second-order valence-electron chi connectivity index (χ2n) is 12.6. The molecule has 2 heterocycles. The van der Waals surface area contributed by atoms with Gasteiger partial charge >= 0.3 is 11.9 Å². The zero-order valence-corrected chi connectivity index (χ0v) is 29.0. The summed E-state index contributed by atoms with van der Waals surface area (Å²) in [6, 6.07) is -9.63. The van der Waals surface area contributed by atoms with Gasteiger partial charge in [-0.25, -0.2) is 4.79 Å². The van der Waals surface area contributed by atoms with E-state index in [2.05, 4.69) is 26.3 Å². The predicted molar refractivity (Wildman–Crippen MR) is 179 cm³/mol. The SMILES string of the molecule is CC(NC(=O)C(N)CO)C(=O)N1CCCC1C(=O)NC(CC(=O)O)C(=O)NC(C(=O)NC(CCCN=C(N)N)C(=O)N1CCCC1C(=O)O)C(C)O. The van der Waals surface area contributed by atoms with Crippen LogP contribution in [0.4, 0.5) is 0 Å². The Balaban J connectivity index is 2.22. The highest BCUT2D eigenvalue weighted by molar-refractivity contribution is 5.98. The number of carbonyl (C=O) groups is 8. The number of carboxylic acid groups (broad SMARTS) is 2. The molecule has 0 aromatic rings. The summed E-state index contributed by atoms with van der Waals surface area (Å²) in [4.78, 5) is 108. The maximum absolute atomic E-state index is 13.5. The van der Waals surface area contributed by atoms with Gasteiger partial charge in [-0.1, -0.05) is 0 Å². The highest BCUT2D eigenvalue weighted by Gasteiger charge is 2.41. The van der Waals surface area contributed by atoms with Gasteiger partial charge in [0.2, 0.25) is 35.4 Å². The molecule has 8 unspecified atom stereocenters. The van der Waals surface area contributed by atoms with Crippen molar-refractivity contribution in [2.75, 3.05) is 26.2 Å². The third-order valence-corrected chi connectivity index (χ3v) is 8.56. The fourth-order valence-corrected chi connectivity index (χ4v) is 5.84. The molecular weight excluding hydrogens is 692 g/mol. The van der Waals surface area contributed by atoms with E-state index in [0.29, 0.717) is 12.8 Å². The van der Waals surface area contributed by atoms with E-state index in [-0.39, 0.29) is 51.3 Å². The molecule has 14 N–H and O–H groups in total. The van der Waals surface area contributed by atoms with Gasteiger partial charge in [0.15, 0.2) is 5.96 Å². The molecule has 8 atom stereocenters. The molecule has 2 aliphatic rings. The van der Waals surface area contributed by atoms with E-state index in [1.54, 1.807) is 0 Å². The van der Waals surface area contributed by atoms with Gasteiger partial charge in [-0.15, -0.1) is 0 Å². The molecule has 2 fully saturated rings. The van der Waals surface area contributed by atoms with Crippen molar-refractivity contribution < 1.29 is 58.8 Å². The van der Waals surface area contributed by atoms with Crippen molar-refractivity contribution in [2.24, 2.45) is 22.2 Å². The van der Waals surface area contributed by atoms with Gasteiger partial charge < -0.3 is 68.7 Å². The molecule has 0 saturated carbocycles. The molecule has 22 heteroatoms. The monoisotopic (exact) mass is 742 g/mol. The summed E-state index contributed by atoms with van der Waals surface area (Å²) < 4.78 is 0. The number of aliphatic imine (C=N–C) groups is 1. The second kappa shape index (κ2) is 20.1. The minimum absolute atomic E-state index is 0.0600. The van der Waals surface area contributed by atoms with Crippen molar-refractivity contribution in [1.29, 1.82) is 0 Å². The third-order valence-electron chi connectivity index (χ3n) is 8.56. The smallest absolute Gasteiger partial charge is 0.326 e. The lowest BCUT2D eigenvalue weighted by molar-refractivity contribution is -0.149. The Morgan fingerprint density at radius 1 is 0.808 bits per heavy atom. The van der Waals surface area contributed by atoms with Gasteiger partial charge in [-0.05, 0) is 52.4 Å². The third kappa shape index (κ3) is 12.3. The molecule has 0 aliphatic carbocycles. The van der Waals surface area contributed by atoms with Crippen LogP contribution in [-0.2, 0) is 38.4 Å². The topological polar surface area (TPSA) is 362 Å². The molecule has 22 nitrogen and oxygen atoms in total. The number of nitrogens with one attached hydrogen (secondary N) is 4. The maximum atomic E-state index is 13.5. The van der Waals surface area contributed by atoms with Gasteiger partial charge in [0.05, 0.1) is 19.1 Å². The van der Waals surface area contributed by atoms with Crippen LogP contribution in [0.2, 0.25) is 0 Å². The molecule has 2 rings (SSSR count). The van der Waals surface area contributed by atoms with Crippen LogP contribution in [0.15, 0.2) is 4.99 Å². The van der Waals surface area contributed by atoms with Crippen molar-refractivity contribution in [3.63, 3.8) is 0 Å². The average molecular weight is 743 g/mol. The summed E-state index contributed by atoms with van der Waals surface area (Å²) in [7, 11) is 0. The highest BCUT2D eigenvalue weighted by Crippen LogP contribution is 2.21. The molecule has 52 heavy (non-hydrogen) atoms. The Morgan fingerprint density at radius 3 is 1.94 bits per heavy atom. The number of carboxylic acids is 2. The summed E-state index contributed by atoms with van der Waals surface area (Å²) in [6.45, 7) is 2.08. The molecule has 0 aromatic heterocycles. The van der Waals surface area contributed by atoms with E-state index in [1.807, 2.05) is 0 Å². The number of nitrogens with two attached hydrogens (primary N) is 3. The van der Waals surface area contributed by atoms with Crippen LogP contribution >= 0.6 is 0 Å². The largest absolute Gasteiger partial charge is 0.481 e. The summed E-state index contributed by atoms with van der Waals surface area (Å²) >= 11 is 0. The maximum Gasteiger partial charge on any atom is 0.326 e. The van der Waals surface area contributed by atoms with Crippen LogP contribution in [0.25, 0.3) is 0 Å². The number of carbonyl (C=O) groups excluding carboxylic acids is 6. The lowest BCUT2D eigenvalue weighted by Gasteiger charge is -2.30. The first-order valence-corrected chi connectivity index (χ1v) is 16.8. The lowest BCUT2D eigenvalue weighted by atomic mass is 10.1. The first kappa shape index (κ1) is 43.1. The summed E-state index contributed by atoms with van der Waals surface area (Å²) in [5.41, 5.74) is 16.2. The number of hydrogen-bond donors (Lipinski definition) is 11.